The number of benzene rings is 1. The number of hydrogen-bond donors (Lipinski definition) is 1. The molecule has 1 aromatic carbocycles. The van der Waals surface area contributed by atoms with Crippen molar-refractivity contribution >= 4 is 5.91 Å². The van der Waals surface area contributed by atoms with E-state index in [2.05, 4.69) is 27.9 Å². The highest BCUT2D eigenvalue weighted by molar-refractivity contribution is 5.97. The molecule has 1 N–H and O–H groups in total. The molecule has 0 spiro atoms. The van der Waals surface area contributed by atoms with Crippen LogP contribution in [0.15, 0.2) is 30.6 Å². The summed E-state index contributed by atoms with van der Waals surface area (Å²) in [5.41, 5.74) is 1.78. The molecule has 0 saturated carbocycles. The summed E-state index contributed by atoms with van der Waals surface area (Å²) >= 11 is 0. The van der Waals surface area contributed by atoms with E-state index >= 15 is 0 Å². The number of nitrogens with one attached hydrogen (secondary N) is 1. The molecule has 2 aromatic rings. The maximum Gasteiger partial charge on any atom is 0.255 e. The van der Waals surface area contributed by atoms with Crippen LogP contribution >= 0.6 is 0 Å². The smallest absolute Gasteiger partial charge is 0.255 e. The maximum atomic E-state index is 12.7. The van der Waals surface area contributed by atoms with Crippen LogP contribution in [0.1, 0.15) is 47.9 Å². The number of aryl methyl sites for hydroxylation is 1. The second-order valence-electron chi connectivity index (χ2n) is 6.54. The molecule has 5 heteroatoms. The van der Waals surface area contributed by atoms with E-state index in [1.165, 1.54) is 0 Å². The highest BCUT2D eigenvalue weighted by Crippen LogP contribution is 2.40. The van der Waals surface area contributed by atoms with Crippen molar-refractivity contribution in [1.29, 1.82) is 0 Å². The number of imidazole rings is 1. The molecule has 1 aromatic heterocycles. The first-order valence-corrected chi connectivity index (χ1v) is 8.24. The fourth-order valence-corrected chi connectivity index (χ4v) is 3.51. The van der Waals surface area contributed by atoms with Gasteiger partial charge >= 0.3 is 0 Å². The molecular weight excluding hydrogens is 290 g/mol. The minimum atomic E-state index is -0.0447. The summed E-state index contributed by atoms with van der Waals surface area (Å²) in [7, 11) is 0. The number of aromatic nitrogens is 2. The van der Waals surface area contributed by atoms with Gasteiger partial charge in [-0.3, -0.25) is 4.79 Å². The molecule has 0 radical (unpaired) electrons. The monoisotopic (exact) mass is 311 g/mol. The third kappa shape index (κ3) is 2.40. The van der Waals surface area contributed by atoms with Gasteiger partial charge in [0, 0.05) is 42.9 Å². The SMILES string of the molecule is CC1Oc2c(C(=O)NC3CCc4nccn4C3)cccc2C1C. The number of para-hydroxylation sites is 1. The van der Waals surface area contributed by atoms with Crippen LogP contribution in [-0.4, -0.2) is 27.6 Å². The summed E-state index contributed by atoms with van der Waals surface area (Å²) < 4.78 is 8.04. The normalized spacial score (nSPS) is 25.4. The lowest BCUT2D eigenvalue weighted by Gasteiger charge is -2.25. The summed E-state index contributed by atoms with van der Waals surface area (Å²) in [5, 5.41) is 3.16. The Morgan fingerprint density at radius 3 is 3.13 bits per heavy atom. The van der Waals surface area contributed by atoms with Crippen molar-refractivity contribution < 1.29 is 9.53 Å². The van der Waals surface area contributed by atoms with E-state index in [4.69, 9.17) is 4.74 Å². The largest absolute Gasteiger partial charge is 0.489 e. The van der Waals surface area contributed by atoms with Crippen LogP contribution in [0.25, 0.3) is 0 Å². The second-order valence-corrected chi connectivity index (χ2v) is 6.54. The molecule has 4 rings (SSSR count). The quantitative estimate of drug-likeness (QED) is 0.927. The Morgan fingerprint density at radius 1 is 1.39 bits per heavy atom. The Labute approximate surface area is 135 Å². The van der Waals surface area contributed by atoms with Gasteiger partial charge in [0.1, 0.15) is 17.7 Å². The van der Waals surface area contributed by atoms with Gasteiger partial charge in [-0.25, -0.2) is 4.98 Å². The van der Waals surface area contributed by atoms with E-state index in [0.29, 0.717) is 11.5 Å². The van der Waals surface area contributed by atoms with Gasteiger partial charge in [-0.15, -0.1) is 0 Å². The number of fused-ring (bicyclic) bond motifs is 2. The standard InChI is InChI=1S/C18H21N3O2/c1-11-12(2)23-17-14(11)4-3-5-15(17)18(22)20-13-6-7-16-19-8-9-21(16)10-13/h3-5,8-9,11-13H,6-7,10H2,1-2H3,(H,20,22). The molecule has 120 valence electrons. The van der Waals surface area contributed by atoms with Gasteiger partial charge in [-0.2, -0.15) is 0 Å². The van der Waals surface area contributed by atoms with E-state index in [-0.39, 0.29) is 18.1 Å². The zero-order valence-electron chi connectivity index (χ0n) is 13.5. The van der Waals surface area contributed by atoms with Gasteiger partial charge in [0.2, 0.25) is 0 Å². The van der Waals surface area contributed by atoms with Crippen molar-refractivity contribution in [3.63, 3.8) is 0 Å². The first kappa shape index (κ1) is 14.3. The number of nitrogens with zero attached hydrogens (tertiary/aromatic N) is 2. The Morgan fingerprint density at radius 2 is 2.26 bits per heavy atom. The lowest BCUT2D eigenvalue weighted by atomic mass is 9.96. The summed E-state index contributed by atoms with van der Waals surface area (Å²) in [5.74, 6) is 2.13. The number of carbonyl (C=O) groups excluding carboxylic acids is 1. The molecule has 1 amide bonds. The van der Waals surface area contributed by atoms with Crippen molar-refractivity contribution in [2.24, 2.45) is 0 Å². The summed E-state index contributed by atoms with van der Waals surface area (Å²) in [6.07, 6.45) is 5.73. The van der Waals surface area contributed by atoms with E-state index in [1.54, 1.807) is 0 Å². The fourth-order valence-electron chi connectivity index (χ4n) is 3.51. The van der Waals surface area contributed by atoms with Crippen molar-refractivity contribution in [3.8, 4) is 5.75 Å². The fraction of sp³-hybridized carbons (Fsp3) is 0.444. The van der Waals surface area contributed by atoms with Crippen molar-refractivity contribution in [1.82, 2.24) is 14.9 Å². The lowest BCUT2D eigenvalue weighted by molar-refractivity contribution is 0.0922. The maximum absolute atomic E-state index is 12.7. The molecule has 0 aliphatic carbocycles. The molecule has 5 nitrogen and oxygen atoms in total. The Kier molecular flexibility index (Phi) is 3.36. The molecule has 2 aliphatic heterocycles. The third-order valence-electron chi connectivity index (χ3n) is 5.06. The van der Waals surface area contributed by atoms with Gasteiger partial charge in [-0.05, 0) is 19.4 Å². The van der Waals surface area contributed by atoms with Crippen LogP contribution in [0.3, 0.4) is 0 Å². The molecule has 3 atom stereocenters. The Hall–Kier alpha value is -2.30. The van der Waals surface area contributed by atoms with Crippen LogP contribution in [0.5, 0.6) is 5.75 Å². The van der Waals surface area contributed by atoms with E-state index in [9.17, 15) is 4.79 Å². The van der Waals surface area contributed by atoms with Crippen molar-refractivity contribution in [3.05, 3.63) is 47.5 Å². The summed E-state index contributed by atoms with van der Waals surface area (Å²) in [6, 6.07) is 5.99. The minimum Gasteiger partial charge on any atom is -0.489 e. The van der Waals surface area contributed by atoms with Crippen molar-refractivity contribution in [2.45, 2.75) is 51.3 Å². The first-order valence-electron chi connectivity index (χ1n) is 8.24. The van der Waals surface area contributed by atoms with Crippen LogP contribution in [0.4, 0.5) is 0 Å². The topological polar surface area (TPSA) is 56.1 Å². The third-order valence-corrected chi connectivity index (χ3v) is 5.06. The number of amides is 1. The molecule has 3 unspecified atom stereocenters. The molecule has 2 aliphatic rings. The minimum absolute atomic E-state index is 0.0447. The molecule has 0 saturated heterocycles. The average Bonchev–Trinajstić information content (AvgIpc) is 3.12. The number of ether oxygens (including phenoxy) is 1. The van der Waals surface area contributed by atoms with Crippen LogP contribution in [0.2, 0.25) is 0 Å². The van der Waals surface area contributed by atoms with Gasteiger partial charge in [0.05, 0.1) is 5.56 Å². The molecule has 0 fully saturated rings. The summed E-state index contributed by atoms with van der Waals surface area (Å²) in [6.45, 7) is 4.97. The highest BCUT2D eigenvalue weighted by atomic mass is 16.5. The van der Waals surface area contributed by atoms with E-state index in [0.717, 1.165) is 36.5 Å². The zero-order chi connectivity index (χ0) is 16.0. The number of hydrogen-bond acceptors (Lipinski definition) is 3. The van der Waals surface area contributed by atoms with Crippen LogP contribution in [0, 0.1) is 0 Å². The molecule has 0 bridgehead atoms. The van der Waals surface area contributed by atoms with Gasteiger partial charge in [0.15, 0.2) is 0 Å². The lowest BCUT2D eigenvalue weighted by Crippen LogP contribution is -2.41. The van der Waals surface area contributed by atoms with Gasteiger partial charge in [0.25, 0.3) is 5.91 Å². The van der Waals surface area contributed by atoms with Crippen LogP contribution < -0.4 is 10.1 Å². The van der Waals surface area contributed by atoms with Crippen LogP contribution in [-0.2, 0) is 13.0 Å². The second kappa shape index (κ2) is 5.41. The zero-order valence-corrected chi connectivity index (χ0v) is 13.5. The van der Waals surface area contributed by atoms with E-state index < -0.39 is 0 Å². The molecular formula is C18H21N3O2. The highest BCUT2D eigenvalue weighted by Gasteiger charge is 2.31. The Balaban J connectivity index is 1.53. The van der Waals surface area contributed by atoms with E-state index in [1.807, 2.05) is 31.5 Å². The first-order chi connectivity index (χ1) is 11.1. The number of rotatable bonds is 2. The molecule has 23 heavy (non-hydrogen) atoms. The predicted molar refractivity (Wildman–Crippen MR) is 86.7 cm³/mol. The molecule has 3 heterocycles. The van der Waals surface area contributed by atoms with Gasteiger partial charge in [-0.1, -0.05) is 19.1 Å². The van der Waals surface area contributed by atoms with Gasteiger partial charge < -0.3 is 14.6 Å². The van der Waals surface area contributed by atoms with Crippen molar-refractivity contribution in [2.75, 3.05) is 0 Å². The number of carbonyl (C=O) groups is 1. The Bertz CT molecular complexity index is 752. The average molecular weight is 311 g/mol. The predicted octanol–water partition coefficient (Wildman–Crippen LogP) is 2.51. The summed E-state index contributed by atoms with van der Waals surface area (Å²) in [4.78, 5) is 17.0.